The molecule has 0 heterocycles. The van der Waals surface area contributed by atoms with Crippen LogP contribution in [0.15, 0.2) is 54.1 Å². The number of fused-ring (bicyclic) bond motifs is 2. The molecule has 4 aromatic carbocycles. The molecule has 2 aliphatic rings. The SMILES string of the molecule is CC.CC1=Cc2cc(C(C)(C)C)c(C)c(-c3cc(C(C)(C)C)cc(C(C)(C)C)c3)c2C1.Cc1c(C(C)(C)C)cc2c(c1-c1cc(C(C)(C)C)cc(C(C)(C)C)c1)CC(C)C2=O. The highest BCUT2D eigenvalue weighted by Crippen LogP contribution is 2.46. The Balaban J connectivity index is 0.000000258. The van der Waals surface area contributed by atoms with Crippen molar-refractivity contribution >= 4 is 11.9 Å². The molecule has 1 nitrogen and oxygen atoms in total. The predicted octanol–water partition coefficient (Wildman–Crippen LogP) is 17.5. The number of hydrogen-bond acceptors (Lipinski definition) is 1. The van der Waals surface area contributed by atoms with Gasteiger partial charge in [-0.15, -0.1) is 0 Å². The smallest absolute Gasteiger partial charge is 0.166 e. The maximum atomic E-state index is 13.0. The second-order valence-corrected chi connectivity index (χ2v) is 24.7. The second-order valence-electron chi connectivity index (χ2n) is 24.7. The van der Waals surface area contributed by atoms with Crippen LogP contribution in [0, 0.1) is 19.8 Å². The Bertz CT molecular complexity index is 2250. The number of ketones is 1. The van der Waals surface area contributed by atoms with E-state index in [1.165, 1.54) is 89.0 Å². The number of hydrogen-bond donors (Lipinski definition) is 0. The molecule has 0 aromatic heterocycles. The molecular formula is C60H86O. The minimum absolute atomic E-state index is 0.00549. The normalized spacial score (nSPS) is 15.7. The second kappa shape index (κ2) is 17.1. The van der Waals surface area contributed by atoms with Gasteiger partial charge < -0.3 is 0 Å². The third-order valence-electron chi connectivity index (χ3n) is 13.0. The van der Waals surface area contributed by atoms with E-state index in [-0.39, 0.29) is 38.4 Å². The van der Waals surface area contributed by atoms with Gasteiger partial charge in [0.15, 0.2) is 5.78 Å². The molecule has 0 aliphatic heterocycles. The van der Waals surface area contributed by atoms with Crippen molar-refractivity contribution in [2.75, 3.05) is 0 Å². The van der Waals surface area contributed by atoms with Crippen LogP contribution in [0.4, 0.5) is 0 Å². The van der Waals surface area contributed by atoms with Crippen LogP contribution in [0.2, 0.25) is 0 Å². The highest BCUT2D eigenvalue weighted by Gasteiger charge is 2.34. The van der Waals surface area contributed by atoms with Gasteiger partial charge in [0.2, 0.25) is 0 Å². The van der Waals surface area contributed by atoms with Crippen LogP contribution in [-0.2, 0) is 45.3 Å². The Morgan fingerprint density at radius 1 is 0.459 bits per heavy atom. The van der Waals surface area contributed by atoms with Gasteiger partial charge in [-0.3, -0.25) is 4.79 Å². The summed E-state index contributed by atoms with van der Waals surface area (Å²) in [6, 6.07) is 19.1. The largest absolute Gasteiger partial charge is 0.294 e. The van der Waals surface area contributed by atoms with Crippen molar-refractivity contribution in [3.8, 4) is 22.3 Å². The summed E-state index contributed by atoms with van der Waals surface area (Å²) in [5.74, 6) is 0.376. The summed E-state index contributed by atoms with van der Waals surface area (Å²) < 4.78 is 0. The van der Waals surface area contributed by atoms with Crippen LogP contribution in [0.3, 0.4) is 0 Å². The van der Waals surface area contributed by atoms with Gasteiger partial charge in [-0.2, -0.15) is 0 Å². The lowest BCUT2D eigenvalue weighted by molar-refractivity contribution is 0.0946. The first-order chi connectivity index (χ1) is 27.6. The van der Waals surface area contributed by atoms with E-state index < -0.39 is 0 Å². The van der Waals surface area contributed by atoms with Crippen LogP contribution in [0.1, 0.15) is 224 Å². The molecule has 0 amide bonds. The average molecular weight is 823 g/mol. The Morgan fingerprint density at radius 3 is 1.15 bits per heavy atom. The zero-order valence-electron chi connectivity index (χ0n) is 43.6. The standard InChI is InChI=1S/C29H40O.C29H40.C2H6/c1-17-12-22-23(26(17)30)16-24(29(9,10)11)18(2)25(22)19-13-20(27(3,4)5)15-21(14-19)28(6,7)8;1-18-12-20-16-25(29(9,10)11)19(2)26(24(20)13-18)21-14-22(27(3,4)5)17-23(15-21)28(6,7)8;1-2/h13-17H,12H2,1-11H3;12,14-17H,13H2,1-11H3;1-2H3. The molecule has 0 spiro atoms. The number of rotatable bonds is 2. The lowest BCUT2D eigenvalue weighted by Gasteiger charge is -2.29. The highest BCUT2D eigenvalue weighted by molar-refractivity contribution is 6.04. The molecule has 1 heteroatoms. The summed E-state index contributed by atoms with van der Waals surface area (Å²) >= 11 is 0. The maximum Gasteiger partial charge on any atom is 0.166 e. The zero-order chi connectivity index (χ0) is 46.7. The summed E-state index contributed by atoms with van der Waals surface area (Å²) in [6.07, 6.45) is 4.31. The van der Waals surface area contributed by atoms with E-state index >= 15 is 0 Å². The van der Waals surface area contributed by atoms with Crippen molar-refractivity contribution in [2.24, 2.45) is 5.92 Å². The van der Waals surface area contributed by atoms with E-state index in [1.54, 1.807) is 0 Å². The number of allylic oxidation sites excluding steroid dienone is 1. The first kappa shape index (κ1) is 49.9. The summed E-state index contributed by atoms with van der Waals surface area (Å²) in [5, 5.41) is 0. The minimum atomic E-state index is -0.00549. The van der Waals surface area contributed by atoms with Crippen molar-refractivity contribution in [3.63, 3.8) is 0 Å². The predicted molar refractivity (Wildman–Crippen MR) is 271 cm³/mol. The fourth-order valence-corrected chi connectivity index (χ4v) is 9.32. The molecule has 0 fully saturated rings. The van der Waals surface area contributed by atoms with Crippen molar-refractivity contribution in [3.05, 3.63) is 121 Å². The van der Waals surface area contributed by atoms with Gasteiger partial charge in [0.05, 0.1) is 0 Å². The number of carbonyl (C=O) groups excluding carboxylic acids is 1. The summed E-state index contributed by atoms with van der Waals surface area (Å²) in [4.78, 5) is 13.0. The molecule has 332 valence electrons. The van der Waals surface area contributed by atoms with Crippen LogP contribution in [0.25, 0.3) is 28.3 Å². The third kappa shape index (κ3) is 10.7. The minimum Gasteiger partial charge on any atom is -0.294 e. The molecule has 1 atom stereocenters. The topological polar surface area (TPSA) is 17.1 Å². The van der Waals surface area contributed by atoms with E-state index in [4.69, 9.17) is 0 Å². The Hall–Kier alpha value is -3.71. The molecule has 1 unspecified atom stereocenters. The first-order valence-corrected chi connectivity index (χ1v) is 23.5. The summed E-state index contributed by atoms with van der Waals surface area (Å²) in [5.41, 5.74) is 23.7. The van der Waals surface area contributed by atoms with Gasteiger partial charge in [-0.25, -0.2) is 0 Å². The van der Waals surface area contributed by atoms with E-state index in [0.717, 1.165) is 18.4 Å². The number of Topliss-reactive ketones (excluding diaryl/α,β-unsaturated/α-hetero) is 1. The Morgan fingerprint density at radius 2 is 0.803 bits per heavy atom. The molecule has 6 rings (SSSR count). The van der Waals surface area contributed by atoms with Gasteiger partial charge in [0.25, 0.3) is 0 Å². The van der Waals surface area contributed by atoms with E-state index in [0.29, 0.717) is 5.78 Å². The Kier molecular flexibility index (Phi) is 14.0. The third-order valence-corrected chi connectivity index (χ3v) is 13.0. The highest BCUT2D eigenvalue weighted by atomic mass is 16.1. The lowest BCUT2D eigenvalue weighted by atomic mass is 9.75. The summed E-state index contributed by atoms with van der Waals surface area (Å²) in [7, 11) is 0. The van der Waals surface area contributed by atoms with E-state index in [2.05, 4.69) is 207 Å². The van der Waals surface area contributed by atoms with Crippen molar-refractivity contribution < 1.29 is 4.79 Å². The lowest BCUT2D eigenvalue weighted by Crippen LogP contribution is -2.18. The molecule has 0 saturated heterocycles. The Labute approximate surface area is 375 Å². The van der Waals surface area contributed by atoms with Gasteiger partial charge in [0, 0.05) is 11.5 Å². The van der Waals surface area contributed by atoms with E-state index in [1.807, 2.05) is 13.8 Å². The molecule has 4 aromatic rings. The molecule has 0 radical (unpaired) electrons. The van der Waals surface area contributed by atoms with Crippen molar-refractivity contribution in [1.29, 1.82) is 0 Å². The molecule has 0 saturated carbocycles. The van der Waals surface area contributed by atoms with Gasteiger partial charge in [-0.1, -0.05) is 200 Å². The zero-order valence-corrected chi connectivity index (χ0v) is 43.6. The maximum absolute atomic E-state index is 13.0. The van der Waals surface area contributed by atoms with Crippen molar-refractivity contribution in [1.82, 2.24) is 0 Å². The van der Waals surface area contributed by atoms with Crippen molar-refractivity contribution in [2.45, 2.75) is 212 Å². The molecule has 2 aliphatic carbocycles. The first-order valence-electron chi connectivity index (χ1n) is 23.5. The molecule has 61 heavy (non-hydrogen) atoms. The molecular weight excluding hydrogens is 737 g/mol. The number of carbonyl (C=O) groups is 1. The molecule has 0 N–H and O–H groups in total. The van der Waals surface area contributed by atoms with Gasteiger partial charge in [0.1, 0.15) is 0 Å². The number of benzene rings is 4. The van der Waals surface area contributed by atoms with Crippen LogP contribution in [-0.4, -0.2) is 5.78 Å². The van der Waals surface area contributed by atoms with E-state index in [9.17, 15) is 4.79 Å². The summed E-state index contributed by atoms with van der Waals surface area (Å²) in [6.45, 7) is 54.4. The van der Waals surface area contributed by atoms with Crippen LogP contribution >= 0.6 is 0 Å². The van der Waals surface area contributed by atoms with Crippen LogP contribution in [0.5, 0.6) is 0 Å². The average Bonchev–Trinajstić information content (AvgIpc) is 3.62. The fourth-order valence-electron chi connectivity index (χ4n) is 9.32. The fraction of sp³-hybridized carbons (Fsp3) is 0.550. The monoisotopic (exact) mass is 823 g/mol. The van der Waals surface area contributed by atoms with Gasteiger partial charge in [-0.05, 0) is 156 Å². The van der Waals surface area contributed by atoms with Gasteiger partial charge >= 0.3 is 0 Å². The quantitative estimate of drug-likeness (QED) is 0.197. The molecule has 0 bridgehead atoms. The van der Waals surface area contributed by atoms with Crippen LogP contribution < -0.4 is 0 Å².